The summed E-state index contributed by atoms with van der Waals surface area (Å²) in [6, 6.07) is 5.15. The van der Waals surface area contributed by atoms with Crippen LogP contribution in [0.4, 0.5) is 0 Å². The Hall–Kier alpha value is -1.75. The number of phenols is 2. The first-order valence-electron chi connectivity index (χ1n) is 6.89. The predicted molar refractivity (Wildman–Crippen MR) is 79.1 cm³/mol. The third kappa shape index (κ3) is 4.13. The van der Waals surface area contributed by atoms with Gasteiger partial charge >= 0.3 is 0 Å². The number of rotatable bonds is 6. The van der Waals surface area contributed by atoms with Crippen molar-refractivity contribution in [1.29, 1.82) is 0 Å². The highest BCUT2D eigenvalue weighted by Crippen LogP contribution is 2.27. The number of benzene rings is 1. The van der Waals surface area contributed by atoms with E-state index in [-0.39, 0.29) is 23.0 Å². The number of carbonyl (C=O) groups is 1. The Balaban J connectivity index is 2.58. The average Bonchev–Trinajstić information content (AvgIpc) is 2.36. The molecule has 0 fully saturated rings. The van der Waals surface area contributed by atoms with Crippen molar-refractivity contribution >= 4 is 5.91 Å². The van der Waals surface area contributed by atoms with Crippen molar-refractivity contribution < 1.29 is 15.0 Å². The lowest BCUT2D eigenvalue weighted by molar-refractivity contribution is 0.0936. The number of hydrogen-bond acceptors (Lipinski definition) is 4. The Bertz CT molecular complexity index is 450. The van der Waals surface area contributed by atoms with Gasteiger partial charge in [0.25, 0.3) is 5.91 Å². The molecule has 0 saturated carbocycles. The van der Waals surface area contributed by atoms with Gasteiger partial charge in [0.1, 0.15) is 0 Å². The molecule has 1 rings (SSSR count). The van der Waals surface area contributed by atoms with Gasteiger partial charge in [-0.3, -0.25) is 9.69 Å². The lowest BCUT2D eigenvalue weighted by Gasteiger charge is -2.30. The molecule has 3 N–H and O–H groups in total. The van der Waals surface area contributed by atoms with Crippen molar-refractivity contribution in [2.45, 2.75) is 39.8 Å². The maximum absolute atomic E-state index is 11.9. The lowest BCUT2D eigenvalue weighted by atomic mass is 10.1. The molecular weight excluding hydrogens is 256 g/mol. The molecule has 0 aromatic heterocycles. The fraction of sp³-hybridized carbons (Fsp3) is 0.533. The Kier molecular flexibility index (Phi) is 5.82. The second kappa shape index (κ2) is 7.14. The van der Waals surface area contributed by atoms with Gasteiger partial charge in [0.05, 0.1) is 5.56 Å². The number of nitrogens with zero attached hydrogens (tertiary/aromatic N) is 1. The van der Waals surface area contributed by atoms with Crippen LogP contribution in [0.2, 0.25) is 0 Å². The van der Waals surface area contributed by atoms with E-state index in [4.69, 9.17) is 0 Å². The highest BCUT2D eigenvalue weighted by atomic mass is 16.3. The number of hydrogen-bond donors (Lipinski definition) is 3. The van der Waals surface area contributed by atoms with Gasteiger partial charge in [-0.1, -0.05) is 6.07 Å². The minimum absolute atomic E-state index is 0.0886. The predicted octanol–water partition coefficient (Wildman–Crippen LogP) is 1.95. The normalized spacial score (nSPS) is 11.3. The summed E-state index contributed by atoms with van der Waals surface area (Å²) < 4.78 is 0. The Labute approximate surface area is 120 Å². The topological polar surface area (TPSA) is 72.8 Å². The van der Waals surface area contributed by atoms with Crippen LogP contribution < -0.4 is 5.32 Å². The summed E-state index contributed by atoms with van der Waals surface area (Å²) in [6.07, 6.45) is 0. The Morgan fingerprint density at radius 1 is 1.20 bits per heavy atom. The smallest absolute Gasteiger partial charge is 0.255 e. The molecule has 0 atom stereocenters. The minimum atomic E-state index is -0.383. The van der Waals surface area contributed by atoms with Crippen LogP contribution >= 0.6 is 0 Å². The van der Waals surface area contributed by atoms with E-state index in [0.717, 1.165) is 6.54 Å². The minimum Gasteiger partial charge on any atom is -0.504 e. The van der Waals surface area contributed by atoms with Gasteiger partial charge in [-0.05, 0) is 39.8 Å². The Morgan fingerprint density at radius 3 is 2.35 bits per heavy atom. The van der Waals surface area contributed by atoms with E-state index in [1.165, 1.54) is 18.2 Å². The largest absolute Gasteiger partial charge is 0.504 e. The Morgan fingerprint density at radius 2 is 1.80 bits per heavy atom. The average molecular weight is 280 g/mol. The van der Waals surface area contributed by atoms with Gasteiger partial charge in [-0.25, -0.2) is 0 Å². The van der Waals surface area contributed by atoms with Crippen molar-refractivity contribution in [3.8, 4) is 11.5 Å². The zero-order chi connectivity index (χ0) is 15.3. The molecule has 0 radical (unpaired) electrons. The van der Waals surface area contributed by atoms with E-state index in [1.807, 2.05) is 0 Å². The molecule has 0 aliphatic rings. The van der Waals surface area contributed by atoms with Gasteiger partial charge in [-0.2, -0.15) is 0 Å². The van der Waals surface area contributed by atoms with E-state index in [0.29, 0.717) is 18.6 Å². The molecule has 1 amide bonds. The highest BCUT2D eigenvalue weighted by molar-refractivity contribution is 5.97. The van der Waals surface area contributed by atoms with E-state index in [9.17, 15) is 15.0 Å². The van der Waals surface area contributed by atoms with Crippen LogP contribution in [0.5, 0.6) is 11.5 Å². The van der Waals surface area contributed by atoms with E-state index in [1.54, 1.807) is 0 Å². The van der Waals surface area contributed by atoms with Crippen LogP contribution in [0.15, 0.2) is 18.2 Å². The number of aromatic hydroxyl groups is 2. The second-order valence-electron chi connectivity index (χ2n) is 5.35. The third-order valence-corrected chi connectivity index (χ3v) is 3.24. The summed E-state index contributed by atoms with van der Waals surface area (Å²) in [7, 11) is 0. The van der Waals surface area contributed by atoms with E-state index in [2.05, 4.69) is 37.9 Å². The maximum atomic E-state index is 11.9. The first kappa shape index (κ1) is 16.3. The van der Waals surface area contributed by atoms with Crippen LogP contribution in [0.1, 0.15) is 38.1 Å². The van der Waals surface area contributed by atoms with Crippen LogP contribution in [-0.2, 0) is 0 Å². The molecule has 20 heavy (non-hydrogen) atoms. The number of amides is 1. The SMILES string of the molecule is CC(C)N(CCNC(=O)c1cccc(O)c1O)C(C)C. The zero-order valence-corrected chi connectivity index (χ0v) is 12.6. The fourth-order valence-corrected chi connectivity index (χ4v) is 2.22. The monoisotopic (exact) mass is 280 g/mol. The molecule has 112 valence electrons. The van der Waals surface area contributed by atoms with Crippen molar-refractivity contribution in [2.24, 2.45) is 0 Å². The molecule has 0 unspecified atom stereocenters. The quantitative estimate of drug-likeness (QED) is 0.696. The van der Waals surface area contributed by atoms with Gasteiger partial charge in [-0.15, -0.1) is 0 Å². The summed E-state index contributed by atoms with van der Waals surface area (Å²) in [5, 5.41) is 21.8. The van der Waals surface area contributed by atoms with Gasteiger partial charge in [0.15, 0.2) is 11.5 Å². The van der Waals surface area contributed by atoms with E-state index >= 15 is 0 Å². The van der Waals surface area contributed by atoms with E-state index < -0.39 is 0 Å². The molecular formula is C15H24N2O3. The molecule has 0 aliphatic carbocycles. The number of para-hydroxylation sites is 1. The van der Waals surface area contributed by atoms with Crippen LogP contribution in [-0.4, -0.2) is 46.2 Å². The van der Waals surface area contributed by atoms with Gasteiger partial charge < -0.3 is 15.5 Å². The van der Waals surface area contributed by atoms with Crippen molar-refractivity contribution in [3.63, 3.8) is 0 Å². The molecule has 0 aliphatic heterocycles. The van der Waals surface area contributed by atoms with Crippen LogP contribution in [0.25, 0.3) is 0 Å². The number of nitrogens with one attached hydrogen (secondary N) is 1. The van der Waals surface area contributed by atoms with Gasteiger partial charge in [0.2, 0.25) is 0 Å². The first-order valence-corrected chi connectivity index (χ1v) is 6.89. The van der Waals surface area contributed by atoms with Crippen molar-refractivity contribution in [3.05, 3.63) is 23.8 Å². The third-order valence-electron chi connectivity index (χ3n) is 3.24. The molecule has 1 aromatic rings. The number of carbonyl (C=O) groups excluding carboxylic acids is 1. The second-order valence-corrected chi connectivity index (χ2v) is 5.35. The fourth-order valence-electron chi connectivity index (χ4n) is 2.22. The summed E-state index contributed by atoms with van der Waals surface area (Å²) in [6.45, 7) is 9.68. The number of phenolic OH excluding ortho intramolecular Hbond substituents is 2. The van der Waals surface area contributed by atoms with Crippen LogP contribution in [0, 0.1) is 0 Å². The van der Waals surface area contributed by atoms with Crippen molar-refractivity contribution in [1.82, 2.24) is 10.2 Å². The molecule has 0 bridgehead atoms. The molecule has 0 saturated heterocycles. The van der Waals surface area contributed by atoms with Crippen molar-refractivity contribution in [2.75, 3.05) is 13.1 Å². The highest BCUT2D eigenvalue weighted by Gasteiger charge is 2.16. The molecule has 5 heteroatoms. The van der Waals surface area contributed by atoms with Gasteiger partial charge in [0, 0.05) is 25.2 Å². The van der Waals surface area contributed by atoms with Crippen LogP contribution in [0.3, 0.4) is 0 Å². The molecule has 0 heterocycles. The summed E-state index contributed by atoms with van der Waals surface area (Å²) >= 11 is 0. The molecule has 1 aromatic carbocycles. The summed E-state index contributed by atoms with van der Waals surface area (Å²) in [4.78, 5) is 14.2. The zero-order valence-electron chi connectivity index (χ0n) is 12.6. The standard InChI is InChI=1S/C15H24N2O3/c1-10(2)17(11(3)4)9-8-16-15(20)12-6-5-7-13(18)14(12)19/h5-7,10-11,18-19H,8-9H2,1-4H3,(H,16,20). The first-order chi connectivity index (χ1) is 9.34. The molecule has 5 nitrogen and oxygen atoms in total. The summed E-state index contributed by atoms with van der Waals surface area (Å²) in [5.41, 5.74) is 0.0886. The maximum Gasteiger partial charge on any atom is 0.255 e. The summed E-state index contributed by atoms with van der Waals surface area (Å²) in [5.74, 6) is -1.05. The molecule has 0 spiro atoms. The lowest BCUT2D eigenvalue weighted by Crippen LogP contribution is -2.42.